The second-order valence-corrected chi connectivity index (χ2v) is 9.82. The third-order valence-electron chi connectivity index (χ3n) is 6.77. The highest BCUT2D eigenvalue weighted by molar-refractivity contribution is 6.30. The van der Waals surface area contributed by atoms with Gasteiger partial charge in [0.2, 0.25) is 11.8 Å². The summed E-state index contributed by atoms with van der Waals surface area (Å²) in [6, 6.07) is 19.0. The number of benzene rings is 3. The lowest BCUT2D eigenvalue weighted by atomic mass is 9.93. The summed E-state index contributed by atoms with van der Waals surface area (Å²) in [4.78, 5) is 25.7. The zero-order valence-electron chi connectivity index (χ0n) is 20.4. The van der Waals surface area contributed by atoms with Crippen LogP contribution in [0.1, 0.15) is 24.5 Å². The second kappa shape index (κ2) is 11.1. The molecular weight excluding hydrogens is 490 g/mol. The summed E-state index contributed by atoms with van der Waals surface area (Å²) in [7, 11) is 0. The lowest BCUT2D eigenvalue weighted by molar-refractivity contribution is -0.129. The Hall–Kier alpha value is -3.82. The Morgan fingerprint density at radius 1 is 1.14 bits per heavy atom. The van der Waals surface area contributed by atoms with E-state index in [-0.39, 0.29) is 24.4 Å². The van der Waals surface area contributed by atoms with Crippen LogP contribution in [0.2, 0.25) is 5.02 Å². The van der Waals surface area contributed by atoms with E-state index in [0.717, 1.165) is 24.9 Å². The van der Waals surface area contributed by atoms with Crippen molar-refractivity contribution in [2.24, 2.45) is 5.92 Å². The number of carbonyl (C=O) groups is 2. The van der Waals surface area contributed by atoms with Gasteiger partial charge in [0.25, 0.3) is 0 Å². The minimum Gasteiger partial charge on any atom is -0.350 e. The quantitative estimate of drug-likeness (QED) is 0.331. The largest absolute Gasteiger partial charge is 0.350 e. The molecule has 1 aliphatic rings. The average molecular weight is 518 g/mol. The summed E-state index contributed by atoms with van der Waals surface area (Å²) in [5.74, 6) is -0.111. The van der Waals surface area contributed by atoms with Gasteiger partial charge in [-0.15, -0.1) is 5.10 Å². The number of hydrogen-bond acceptors (Lipinski definition) is 6. The van der Waals surface area contributed by atoms with Crippen molar-refractivity contribution in [1.29, 1.82) is 0 Å². The zero-order chi connectivity index (χ0) is 25.8. The van der Waals surface area contributed by atoms with Gasteiger partial charge < -0.3 is 16.0 Å². The highest BCUT2D eigenvalue weighted by Crippen LogP contribution is 2.25. The fraction of sp³-hybridized carbons (Fsp3) is 0.296. The molecule has 9 nitrogen and oxygen atoms in total. The summed E-state index contributed by atoms with van der Waals surface area (Å²) in [6.07, 6.45) is 3.10. The molecule has 5 rings (SSSR count). The molecule has 1 fully saturated rings. The van der Waals surface area contributed by atoms with Crippen molar-refractivity contribution in [1.82, 2.24) is 36.2 Å². The minimum atomic E-state index is -0.693. The van der Waals surface area contributed by atoms with E-state index < -0.39 is 6.04 Å². The van der Waals surface area contributed by atoms with Crippen molar-refractivity contribution in [3.8, 4) is 5.69 Å². The van der Waals surface area contributed by atoms with Crippen LogP contribution in [-0.2, 0) is 22.6 Å². The predicted octanol–water partition coefficient (Wildman–Crippen LogP) is 2.81. The van der Waals surface area contributed by atoms with E-state index in [1.807, 2.05) is 6.07 Å². The zero-order valence-corrected chi connectivity index (χ0v) is 21.2. The van der Waals surface area contributed by atoms with Crippen molar-refractivity contribution in [2.45, 2.75) is 38.4 Å². The Labute approximate surface area is 219 Å². The first-order valence-corrected chi connectivity index (χ1v) is 12.7. The van der Waals surface area contributed by atoms with Crippen molar-refractivity contribution in [3.05, 3.63) is 83.1 Å². The SMILES string of the molecule is C[C@H](NC(=O)[C@H]1C[C@H](Cc2cccc3ccccc23)CN1)C(=O)NCc1cc(Cl)ccc1-n1cnnn1. The smallest absolute Gasteiger partial charge is 0.242 e. The molecule has 0 unspecified atom stereocenters. The molecule has 1 aliphatic heterocycles. The van der Waals surface area contributed by atoms with Crippen molar-refractivity contribution in [3.63, 3.8) is 0 Å². The average Bonchev–Trinajstić information content (AvgIpc) is 3.60. The summed E-state index contributed by atoms with van der Waals surface area (Å²) >= 11 is 6.15. The van der Waals surface area contributed by atoms with Crippen LogP contribution in [0.3, 0.4) is 0 Å². The van der Waals surface area contributed by atoms with Gasteiger partial charge in [-0.2, -0.15) is 0 Å². The molecule has 0 spiro atoms. The fourth-order valence-electron chi connectivity index (χ4n) is 4.85. The number of nitrogens with zero attached hydrogens (tertiary/aromatic N) is 4. The van der Waals surface area contributed by atoms with Gasteiger partial charge in [-0.05, 0) is 82.8 Å². The monoisotopic (exact) mass is 517 g/mol. The number of aromatic nitrogens is 4. The van der Waals surface area contributed by atoms with Crippen molar-refractivity contribution >= 4 is 34.2 Å². The summed E-state index contributed by atoms with van der Waals surface area (Å²) in [5.41, 5.74) is 2.75. The molecule has 0 aliphatic carbocycles. The maximum atomic E-state index is 12.9. The number of nitrogens with one attached hydrogen (secondary N) is 3. The van der Waals surface area contributed by atoms with Gasteiger partial charge in [-0.3, -0.25) is 9.59 Å². The summed E-state index contributed by atoms with van der Waals surface area (Å²) < 4.78 is 1.50. The standard InChI is InChI=1S/C27H28ClN7O2/c1-17(26(36)30-15-21-13-22(28)9-10-25(21)35-16-31-33-34-35)32-27(37)24-12-18(14-29-24)11-20-7-4-6-19-5-2-3-8-23(19)20/h2-10,13,16-18,24,29H,11-12,14-15H2,1H3,(H,30,36)(H,32,37)/t17-,18-,24+/m0/s1. The van der Waals surface area contributed by atoms with Crippen LogP contribution in [0.4, 0.5) is 0 Å². The van der Waals surface area contributed by atoms with Crippen LogP contribution >= 0.6 is 11.6 Å². The normalized spacial score (nSPS) is 18.0. The third kappa shape index (κ3) is 5.79. The van der Waals surface area contributed by atoms with Crippen LogP contribution < -0.4 is 16.0 Å². The van der Waals surface area contributed by atoms with Gasteiger partial charge >= 0.3 is 0 Å². The van der Waals surface area contributed by atoms with Gasteiger partial charge in [-0.1, -0.05) is 54.1 Å². The molecule has 0 radical (unpaired) electrons. The van der Waals surface area contributed by atoms with E-state index >= 15 is 0 Å². The molecule has 3 aromatic carbocycles. The number of hydrogen-bond donors (Lipinski definition) is 3. The van der Waals surface area contributed by atoms with E-state index in [0.29, 0.717) is 16.6 Å². The fourth-order valence-corrected chi connectivity index (χ4v) is 5.05. The maximum Gasteiger partial charge on any atom is 0.242 e. The van der Waals surface area contributed by atoms with Crippen LogP contribution in [0.15, 0.2) is 67.0 Å². The summed E-state index contributed by atoms with van der Waals surface area (Å²) in [6.45, 7) is 2.65. The van der Waals surface area contributed by atoms with Crippen molar-refractivity contribution < 1.29 is 9.59 Å². The number of halogens is 1. The lowest BCUT2D eigenvalue weighted by Gasteiger charge is -2.18. The predicted molar refractivity (Wildman–Crippen MR) is 141 cm³/mol. The molecule has 3 N–H and O–H groups in total. The van der Waals surface area contributed by atoms with Gasteiger partial charge in [0.05, 0.1) is 11.7 Å². The van der Waals surface area contributed by atoms with Gasteiger partial charge in [0.15, 0.2) is 0 Å². The van der Waals surface area contributed by atoms with E-state index in [4.69, 9.17) is 11.6 Å². The first-order valence-electron chi connectivity index (χ1n) is 12.3. The molecule has 37 heavy (non-hydrogen) atoms. The number of amides is 2. The topological polar surface area (TPSA) is 114 Å². The van der Waals surface area contributed by atoms with E-state index in [9.17, 15) is 9.59 Å². The molecule has 190 valence electrons. The molecule has 0 bridgehead atoms. The Balaban J connectivity index is 1.14. The summed E-state index contributed by atoms with van der Waals surface area (Å²) in [5, 5.41) is 23.3. The number of tetrazole rings is 1. The van der Waals surface area contributed by atoms with Crippen LogP contribution in [0, 0.1) is 5.92 Å². The number of fused-ring (bicyclic) bond motifs is 1. The Morgan fingerprint density at radius 2 is 1.97 bits per heavy atom. The van der Waals surface area contributed by atoms with E-state index in [1.54, 1.807) is 25.1 Å². The van der Waals surface area contributed by atoms with E-state index in [1.165, 1.54) is 27.3 Å². The molecule has 3 atom stereocenters. The van der Waals surface area contributed by atoms with Crippen LogP contribution in [0.25, 0.3) is 16.5 Å². The number of carbonyl (C=O) groups excluding carboxylic acids is 2. The maximum absolute atomic E-state index is 12.9. The van der Waals surface area contributed by atoms with Crippen molar-refractivity contribution in [2.75, 3.05) is 6.54 Å². The highest BCUT2D eigenvalue weighted by Gasteiger charge is 2.31. The second-order valence-electron chi connectivity index (χ2n) is 9.38. The Kier molecular flexibility index (Phi) is 7.43. The highest BCUT2D eigenvalue weighted by atomic mass is 35.5. The first-order chi connectivity index (χ1) is 18.0. The molecule has 10 heteroatoms. The lowest BCUT2D eigenvalue weighted by Crippen LogP contribution is -2.50. The van der Waals surface area contributed by atoms with Crippen LogP contribution in [-0.4, -0.2) is 50.7 Å². The molecule has 2 amide bonds. The van der Waals surface area contributed by atoms with Gasteiger partial charge in [0.1, 0.15) is 12.4 Å². The first kappa shape index (κ1) is 24.9. The Bertz CT molecular complexity index is 1400. The Morgan fingerprint density at radius 3 is 2.81 bits per heavy atom. The molecule has 2 heterocycles. The van der Waals surface area contributed by atoms with Gasteiger partial charge in [-0.25, -0.2) is 4.68 Å². The van der Waals surface area contributed by atoms with E-state index in [2.05, 4.69) is 67.9 Å². The third-order valence-corrected chi connectivity index (χ3v) is 7.00. The number of rotatable bonds is 8. The molecule has 1 saturated heterocycles. The molecule has 4 aromatic rings. The molecular formula is C27H28ClN7O2. The van der Waals surface area contributed by atoms with Gasteiger partial charge in [0, 0.05) is 11.6 Å². The molecule has 0 saturated carbocycles. The van der Waals surface area contributed by atoms with Crippen LogP contribution in [0.5, 0.6) is 0 Å². The molecule has 1 aromatic heterocycles. The minimum absolute atomic E-state index is 0.166.